The van der Waals surface area contributed by atoms with Crippen LogP contribution in [0.2, 0.25) is 0 Å². The monoisotopic (exact) mass is 310 g/mol. The molecule has 0 bridgehead atoms. The van der Waals surface area contributed by atoms with Gasteiger partial charge in [-0.2, -0.15) is 0 Å². The van der Waals surface area contributed by atoms with Crippen LogP contribution in [0.15, 0.2) is 0 Å². The number of carbonyl (C=O) groups is 2. The number of amides is 2. The lowest BCUT2D eigenvalue weighted by Gasteiger charge is -2.38. The second-order valence-corrected chi connectivity index (χ2v) is 7.00. The fourth-order valence-corrected chi connectivity index (χ4v) is 3.44. The van der Waals surface area contributed by atoms with Crippen molar-refractivity contribution in [3.63, 3.8) is 0 Å². The molecule has 0 aromatic heterocycles. The van der Waals surface area contributed by atoms with E-state index in [9.17, 15) is 9.59 Å². The molecule has 4 nitrogen and oxygen atoms in total. The SMILES string of the molecule is CCCCCCC(C)(CCCCCC)N1C(=O)CC(N)C1=O. The first-order chi connectivity index (χ1) is 10.5. The molecule has 0 aromatic rings. The summed E-state index contributed by atoms with van der Waals surface area (Å²) >= 11 is 0. The minimum absolute atomic E-state index is 0.0778. The van der Waals surface area contributed by atoms with E-state index < -0.39 is 6.04 Å². The molecular formula is C18H34N2O2. The van der Waals surface area contributed by atoms with Gasteiger partial charge in [-0.05, 0) is 19.8 Å². The fourth-order valence-electron chi connectivity index (χ4n) is 3.44. The van der Waals surface area contributed by atoms with Crippen molar-refractivity contribution in [2.24, 2.45) is 5.73 Å². The first kappa shape index (κ1) is 19.1. The molecule has 4 heteroatoms. The predicted molar refractivity (Wildman–Crippen MR) is 90.4 cm³/mol. The van der Waals surface area contributed by atoms with Gasteiger partial charge in [-0.1, -0.05) is 65.2 Å². The summed E-state index contributed by atoms with van der Waals surface area (Å²) in [5, 5.41) is 0. The lowest BCUT2D eigenvalue weighted by molar-refractivity contribution is -0.146. The Morgan fingerprint density at radius 1 is 1.00 bits per heavy atom. The average molecular weight is 310 g/mol. The first-order valence-electron chi connectivity index (χ1n) is 9.08. The molecule has 128 valence electrons. The van der Waals surface area contributed by atoms with Crippen molar-refractivity contribution in [2.45, 2.75) is 103 Å². The zero-order valence-corrected chi connectivity index (χ0v) is 14.7. The summed E-state index contributed by atoms with van der Waals surface area (Å²) in [6.45, 7) is 6.46. The van der Waals surface area contributed by atoms with Crippen molar-refractivity contribution in [2.75, 3.05) is 0 Å². The van der Waals surface area contributed by atoms with E-state index in [1.165, 1.54) is 43.4 Å². The van der Waals surface area contributed by atoms with Crippen LogP contribution in [0.1, 0.15) is 91.4 Å². The van der Waals surface area contributed by atoms with Gasteiger partial charge in [-0.25, -0.2) is 0 Å². The van der Waals surface area contributed by atoms with Gasteiger partial charge >= 0.3 is 0 Å². The minimum atomic E-state index is -0.627. The lowest BCUT2D eigenvalue weighted by atomic mass is 9.86. The Morgan fingerprint density at radius 3 is 1.86 bits per heavy atom. The molecule has 0 radical (unpaired) electrons. The van der Waals surface area contributed by atoms with Gasteiger partial charge in [0.15, 0.2) is 0 Å². The minimum Gasteiger partial charge on any atom is -0.319 e. The van der Waals surface area contributed by atoms with Crippen LogP contribution < -0.4 is 5.73 Å². The third kappa shape index (κ3) is 5.08. The van der Waals surface area contributed by atoms with Crippen LogP contribution in [0.3, 0.4) is 0 Å². The molecule has 1 aliphatic heterocycles. The van der Waals surface area contributed by atoms with Crippen molar-refractivity contribution in [3.05, 3.63) is 0 Å². The van der Waals surface area contributed by atoms with Crippen LogP contribution in [0.25, 0.3) is 0 Å². The Hall–Kier alpha value is -0.900. The second-order valence-electron chi connectivity index (χ2n) is 7.00. The second kappa shape index (κ2) is 9.29. The van der Waals surface area contributed by atoms with E-state index in [4.69, 9.17) is 5.73 Å². The summed E-state index contributed by atoms with van der Waals surface area (Å²) in [7, 11) is 0. The van der Waals surface area contributed by atoms with Gasteiger partial charge in [0, 0.05) is 5.54 Å². The summed E-state index contributed by atoms with van der Waals surface area (Å²) in [4.78, 5) is 26.1. The maximum atomic E-state index is 12.3. The van der Waals surface area contributed by atoms with Crippen LogP contribution in [0, 0.1) is 0 Å². The van der Waals surface area contributed by atoms with Gasteiger partial charge in [-0.15, -0.1) is 0 Å². The van der Waals surface area contributed by atoms with Crippen molar-refractivity contribution >= 4 is 11.8 Å². The molecule has 0 saturated carbocycles. The van der Waals surface area contributed by atoms with Gasteiger partial charge in [-0.3, -0.25) is 14.5 Å². The summed E-state index contributed by atoms with van der Waals surface area (Å²) in [5.41, 5.74) is 5.45. The smallest absolute Gasteiger partial charge is 0.247 e. The van der Waals surface area contributed by atoms with E-state index in [1.807, 2.05) is 0 Å². The Morgan fingerprint density at radius 2 is 1.50 bits per heavy atom. The third-order valence-corrected chi connectivity index (χ3v) is 4.86. The van der Waals surface area contributed by atoms with Crippen LogP contribution in [-0.2, 0) is 9.59 Å². The molecule has 0 aromatic carbocycles. The normalized spacial score (nSPS) is 19.3. The van der Waals surface area contributed by atoms with Crippen LogP contribution in [0.4, 0.5) is 0 Å². The molecule has 0 spiro atoms. The van der Waals surface area contributed by atoms with Gasteiger partial charge in [0.25, 0.3) is 0 Å². The molecule has 1 heterocycles. The molecule has 2 amide bonds. The van der Waals surface area contributed by atoms with E-state index >= 15 is 0 Å². The summed E-state index contributed by atoms with van der Waals surface area (Å²) < 4.78 is 0. The van der Waals surface area contributed by atoms with Crippen molar-refractivity contribution in [1.29, 1.82) is 0 Å². The molecule has 1 unspecified atom stereocenters. The number of nitrogens with zero attached hydrogens (tertiary/aromatic N) is 1. The third-order valence-electron chi connectivity index (χ3n) is 4.86. The van der Waals surface area contributed by atoms with E-state index in [0.29, 0.717) is 0 Å². The maximum absolute atomic E-state index is 12.3. The molecule has 1 atom stereocenters. The molecule has 22 heavy (non-hydrogen) atoms. The van der Waals surface area contributed by atoms with Gasteiger partial charge in [0.1, 0.15) is 0 Å². The van der Waals surface area contributed by atoms with Gasteiger partial charge in [0.2, 0.25) is 11.8 Å². The molecule has 1 fully saturated rings. The molecule has 2 N–H and O–H groups in total. The van der Waals surface area contributed by atoms with Gasteiger partial charge < -0.3 is 5.73 Å². The molecule has 0 aliphatic carbocycles. The van der Waals surface area contributed by atoms with Crippen molar-refractivity contribution in [3.8, 4) is 0 Å². The quantitative estimate of drug-likeness (QED) is 0.466. The molecule has 1 saturated heterocycles. The first-order valence-corrected chi connectivity index (χ1v) is 9.08. The van der Waals surface area contributed by atoms with Crippen LogP contribution in [-0.4, -0.2) is 28.3 Å². The van der Waals surface area contributed by atoms with E-state index in [1.54, 1.807) is 0 Å². The zero-order valence-electron chi connectivity index (χ0n) is 14.7. The average Bonchev–Trinajstić information content (AvgIpc) is 2.74. The van der Waals surface area contributed by atoms with Crippen LogP contribution in [0.5, 0.6) is 0 Å². The summed E-state index contributed by atoms with van der Waals surface area (Å²) in [6.07, 6.45) is 11.3. The lowest BCUT2D eigenvalue weighted by Crippen LogP contribution is -2.51. The van der Waals surface area contributed by atoms with E-state index in [2.05, 4.69) is 20.8 Å². The number of unbranched alkanes of at least 4 members (excludes halogenated alkanes) is 6. The number of imide groups is 1. The Bertz CT molecular complexity index is 356. The zero-order chi connectivity index (χ0) is 16.6. The number of hydrogen-bond acceptors (Lipinski definition) is 3. The molecule has 1 aliphatic rings. The number of hydrogen-bond donors (Lipinski definition) is 1. The highest BCUT2D eigenvalue weighted by molar-refractivity contribution is 6.06. The standard InChI is InChI=1S/C18H34N2O2/c1-4-6-8-10-12-18(3,13-11-9-7-5-2)20-16(21)14-15(19)17(20)22/h15H,4-14,19H2,1-3H3. The highest BCUT2D eigenvalue weighted by Gasteiger charge is 2.46. The molecule has 1 rings (SSSR count). The number of carbonyl (C=O) groups excluding carboxylic acids is 2. The summed E-state index contributed by atoms with van der Waals surface area (Å²) in [6, 6.07) is -0.627. The number of nitrogens with two attached hydrogens (primary N) is 1. The highest BCUT2D eigenvalue weighted by Crippen LogP contribution is 2.33. The maximum Gasteiger partial charge on any atom is 0.247 e. The largest absolute Gasteiger partial charge is 0.319 e. The Balaban J connectivity index is 2.71. The fraction of sp³-hybridized carbons (Fsp3) is 0.889. The summed E-state index contributed by atoms with van der Waals surface area (Å²) in [5.74, 6) is -0.246. The van der Waals surface area contributed by atoms with E-state index in [-0.39, 0.29) is 23.8 Å². The van der Waals surface area contributed by atoms with Gasteiger partial charge in [0.05, 0.1) is 12.5 Å². The Kier molecular flexibility index (Phi) is 8.08. The number of likely N-dealkylation sites (tertiary alicyclic amines) is 1. The molecular weight excluding hydrogens is 276 g/mol. The van der Waals surface area contributed by atoms with Crippen LogP contribution >= 0.6 is 0 Å². The predicted octanol–water partition coefficient (Wildman–Crippen LogP) is 3.77. The van der Waals surface area contributed by atoms with Crippen molar-refractivity contribution in [1.82, 2.24) is 4.90 Å². The topological polar surface area (TPSA) is 63.4 Å². The van der Waals surface area contributed by atoms with Crippen molar-refractivity contribution < 1.29 is 9.59 Å². The highest BCUT2D eigenvalue weighted by atomic mass is 16.2. The van der Waals surface area contributed by atoms with E-state index in [0.717, 1.165) is 25.7 Å². The Labute approximate surface area is 135 Å². The number of rotatable bonds is 11.